The molecule has 142 valence electrons. The third-order valence-corrected chi connectivity index (χ3v) is 6.85. The summed E-state index contributed by atoms with van der Waals surface area (Å²) in [5.74, 6) is 2.80. The van der Waals surface area contributed by atoms with Crippen LogP contribution in [0, 0.1) is 17.8 Å². The minimum absolute atomic E-state index is 0.248. The van der Waals surface area contributed by atoms with E-state index >= 15 is 0 Å². The standard InChI is InChI=1S/C23H34N2O/c26-23(22-15-21(22)20-9-5-2-6-10-20)25-13-11-19(12-14-25)17-24-16-18-7-3-1-4-8-18/h2,5-6,9-10,18-19,21-22,24H,1,3-4,7-8,11-17H2/t21-,22+/m0/s1. The molecule has 3 heteroatoms. The van der Waals surface area contributed by atoms with Gasteiger partial charge in [0, 0.05) is 19.0 Å². The molecule has 3 nitrogen and oxygen atoms in total. The summed E-state index contributed by atoms with van der Waals surface area (Å²) in [5, 5.41) is 3.73. The van der Waals surface area contributed by atoms with Crippen LogP contribution in [0.2, 0.25) is 0 Å². The molecule has 2 atom stereocenters. The van der Waals surface area contributed by atoms with Crippen molar-refractivity contribution in [1.82, 2.24) is 10.2 Å². The third kappa shape index (κ3) is 4.49. The molecule has 1 aromatic carbocycles. The first-order chi connectivity index (χ1) is 12.8. The highest BCUT2D eigenvalue weighted by Gasteiger charge is 2.45. The zero-order valence-corrected chi connectivity index (χ0v) is 16.0. The Morgan fingerprint density at radius 2 is 1.58 bits per heavy atom. The lowest BCUT2D eigenvalue weighted by Gasteiger charge is -2.33. The highest BCUT2D eigenvalue weighted by molar-refractivity contribution is 5.83. The van der Waals surface area contributed by atoms with E-state index in [4.69, 9.17) is 0 Å². The summed E-state index contributed by atoms with van der Waals surface area (Å²) in [6, 6.07) is 10.6. The summed E-state index contributed by atoms with van der Waals surface area (Å²) in [4.78, 5) is 14.9. The van der Waals surface area contributed by atoms with Gasteiger partial charge < -0.3 is 10.2 Å². The van der Waals surface area contributed by atoms with E-state index in [9.17, 15) is 4.79 Å². The second kappa shape index (κ2) is 8.56. The van der Waals surface area contributed by atoms with E-state index in [1.54, 1.807) is 0 Å². The van der Waals surface area contributed by atoms with E-state index in [0.717, 1.165) is 37.9 Å². The van der Waals surface area contributed by atoms with Crippen molar-refractivity contribution in [3.8, 4) is 0 Å². The first-order valence-corrected chi connectivity index (χ1v) is 10.9. The molecule has 0 unspecified atom stereocenters. The maximum absolute atomic E-state index is 12.8. The fourth-order valence-corrected chi connectivity index (χ4v) is 5.01. The third-order valence-electron chi connectivity index (χ3n) is 6.85. The van der Waals surface area contributed by atoms with Gasteiger partial charge in [0.25, 0.3) is 0 Å². The molecule has 1 heterocycles. The lowest BCUT2D eigenvalue weighted by Crippen LogP contribution is -2.42. The molecular weight excluding hydrogens is 320 g/mol. The van der Waals surface area contributed by atoms with Crippen molar-refractivity contribution in [3.05, 3.63) is 35.9 Å². The van der Waals surface area contributed by atoms with Crippen LogP contribution in [-0.2, 0) is 4.79 Å². The Hall–Kier alpha value is -1.35. The Balaban J connectivity index is 1.15. The molecule has 0 bridgehead atoms. The number of rotatable bonds is 6. The molecule has 0 aromatic heterocycles. The molecule has 1 aliphatic heterocycles. The van der Waals surface area contributed by atoms with Crippen LogP contribution in [0.5, 0.6) is 0 Å². The Bertz CT molecular complexity index is 573. The van der Waals surface area contributed by atoms with Crippen LogP contribution >= 0.6 is 0 Å². The molecular formula is C23H34N2O. The number of hydrogen-bond donors (Lipinski definition) is 1. The highest BCUT2D eigenvalue weighted by atomic mass is 16.2. The summed E-state index contributed by atoms with van der Waals surface area (Å²) in [7, 11) is 0. The summed E-state index contributed by atoms with van der Waals surface area (Å²) in [5.41, 5.74) is 1.34. The van der Waals surface area contributed by atoms with Crippen molar-refractivity contribution in [1.29, 1.82) is 0 Å². The van der Waals surface area contributed by atoms with Crippen molar-refractivity contribution < 1.29 is 4.79 Å². The van der Waals surface area contributed by atoms with Crippen LogP contribution in [0.25, 0.3) is 0 Å². The van der Waals surface area contributed by atoms with E-state index in [2.05, 4.69) is 40.5 Å². The van der Waals surface area contributed by atoms with Crippen LogP contribution in [-0.4, -0.2) is 37.0 Å². The number of carbonyl (C=O) groups is 1. The zero-order chi connectivity index (χ0) is 17.8. The number of nitrogens with zero attached hydrogens (tertiary/aromatic N) is 1. The monoisotopic (exact) mass is 354 g/mol. The van der Waals surface area contributed by atoms with Gasteiger partial charge in [-0.1, -0.05) is 49.6 Å². The van der Waals surface area contributed by atoms with Gasteiger partial charge in [-0.2, -0.15) is 0 Å². The molecule has 3 fully saturated rings. The highest BCUT2D eigenvalue weighted by Crippen LogP contribution is 2.48. The lowest BCUT2D eigenvalue weighted by molar-refractivity contribution is -0.134. The number of amides is 1. The Morgan fingerprint density at radius 1 is 0.923 bits per heavy atom. The average Bonchev–Trinajstić information content (AvgIpc) is 3.50. The topological polar surface area (TPSA) is 32.3 Å². The molecule has 3 aliphatic rings. The zero-order valence-electron chi connectivity index (χ0n) is 16.0. The minimum Gasteiger partial charge on any atom is -0.342 e. The van der Waals surface area contributed by atoms with Crippen LogP contribution in [0.15, 0.2) is 30.3 Å². The second-order valence-corrected chi connectivity index (χ2v) is 8.79. The average molecular weight is 355 g/mol. The largest absolute Gasteiger partial charge is 0.342 e. The van der Waals surface area contributed by atoms with Gasteiger partial charge in [0.2, 0.25) is 5.91 Å². The van der Waals surface area contributed by atoms with Gasteiger partial charge in [0.05, 0.1) is 0 Å². The molecule has 1 N–H and O–H groups in total. The van der Waals surface area contributed by atoms with Gasteiger partial charge in [0.1, 0.15) is 0 Å². The van der Waals surface area contributed by atoms with Crippen molar-refractivity contribution in [2.24, 2.45) is 17.8 Å². The summed E-state index contributed by atoms with van der Waals surface area (Å²) < 4.78 is 0. The molecule has 0 spiro atoms. The number of piperidine rings is 1. The van der Waals surface area contributed by atoms with E-state index in [1.165, 1.54) is 57.1 Å². The predicted octanol–water partition coefficient (Wildman–Crippen LogP) is 4.20. The summed E-state index contributed by atoms with van der Waals surface area (Å²) in [6.07, 6.45) is 10.5. The molecule has 26 heavy (non-hydrogen) atoms. The normalized spacial score (nSPS) is 27.5. The van der Waals surface area contributed by atoms with E-state index in [-0.39, 0.29) is 5.92 Å². The van der Waals surface area contributed by atoms with E-state index in [1.807, 2.05) is 0 Å². The Morgan fingerprint density at radius 3 is 2.27 bits per heavy atom. The molecule has 0 radical (unpaired) electrons. The van der Waals surface area contributed by atoms with Crippen molar-refractivity contribution in [2.45, 2.75) is 57.3 Å². The maximum atomic E-state index is 12.8. The SMILES string of the molecule is O=C([C@@H]1C[C@H]1c1ccccc1)N1CCC(CNCC2CCCCC2)CC1. The number of benzene rings is 1. The lowest BCUT2D eigenvalue weighted by atomic mass is 9.89. The number of likely N-dealkylation sites (tertiary alicyclic amines) is 1. The molecule has 1 aromatic rings. The molecule has 1 saturated heterocycles. The Labute approximate surface area is 158 Å². The molecule has 2 aliphatic carbocycles. The number of hydrogen-bond acceptors (Lipinski definition) is 2. The van der Waals surface area contributed by atoms with Gasteiger partial charge in [-0.3, -0.25) is 4.79 Å². The van der Waals surface area contributed by atoms with Gasteiger partial charge in [0.15, 0.2) is 0 Å². The fraction of sp³-hybridized carbons (Fsp3) is 0.696. The second-order valence-electron chi connectivity index (χ2n) is 8.79. The Kier molecular flexibility index (Phi) is 5.94. The van der Waals surface area contributed by atoms with Crippen LogP contribution < -0.4 is 5.32 Å². The van der Waals surface area contributed by atoms with Gasteiger partial charge in [-0.25, -0.2) is 0 Å². The van der Waals surface area contributed by atoms with Crippen LogP contribution in [0.1, 0.15) is 62.8 Å². The first-order valence-electron chi connectivity index (χ1n) is 10.9. The predicted molar refractivity (Wildman–Crippen MR) is 106 cm³/mol. The number of nitrogens with one attached hydrogen (secondary N) is 1. The maximum Gasteiger partial charge on any atom is 0.226 e. The first kappa shape index (κ1) is 18.0. The van der Waals surface area contributed by atoms with Gasteiger partial charge >= 0.3 is 0 Å². The van der Waals surface area contributed by atoms with Crippen molar-refractivity contribution >= 4 is 5.91 Å². The summed E-state index contributed by atoms with van der Waals surface area (Å²) in [6.45, 7) is 4.29. The van der Waals surface area contributed by atoms with Crippen molar-refractivity contribution in [3.63, 3.8) is 0 Å². The minimum atomic E-state index is 0.248. The molecule has 4 rings (SSSR count). The summed E-state index contributed by atoms with van der Waals surface area (Å²) >= 11 is 0. The number of carbonyl (C=O) groups excluding carboxylic acids is 1. The smallest absolute Gasteiger partial charge is 0.226 e. The van der Waals surface area contributed by atoms with Crippen LogP contribution in [0.3, 0.4) is 0 Å². The quantitative estimate of drug-likeness (QED) is 0.830. The van der Waals surface area contributed by atoms with Crippen molar-refractivity contribution in [2.75, 3.05) is 26.2 Å². The van der Waals surface area contributed by atoms with Gasteiger partial charge in [-0.05, 0) is 68.5 Å². The van der Waals surface area contributed by atoms with Gasteiger partial charge in [-0.15, -0.1) is 0 Å². The molecule has 2 saturated carbocycles. The van der Waals surface area contributed by atoms with E-state index in [0.29, 0.717) is 11.8 Å². The molecule has 1 amide bonds. The van der Waals surface area contributed by atoms with E-state index < -0.39 is 0 Å². The van der Waals surface area contributed by atoms with Crippen LogP contribution in [0.4, 0.5) is 0 Å². The fourth-order valence-electron chi connectivity index (χ4n) is 5.01.